The number of carbonyl (C=O) groups excluding carboxylic acids is 2. The smallest absolute Gasteiger partial charge is 0.228 e. The van der Waals surface area contributed by atoms with E-state index in [2.05, 4.69) is 0 Å². The quantitative estimate of drug-likeness (QED) is 0.723. The molecule has 0 bridgehead atoms. The molecule has 0 spiro atoms. The first-order chi connectivity index (χ1) is 14.1. The van der Waals surface area contributed by atoms with Gasteiger partial charge in [-0.3, -0.25) is 9.59 Å². The van der Waals surface area contributed by atoms with Gasteiger partial charge in [-0.05, 0) is 30.5 Å². The van der Waals surface area contributed by atoms with Gasteiger partial charge in [0.1, 0.15) is 11.5 Å². The van der Waals surface area contributed by atoms with Gasteiger partial charge in [-0.2, -0.15) is 0 Å². The van der Waals surface area contributed by atoms with Crippen molar-refractivity contribution in [2.75, 3.05) is 25.7 Å². The van der Waals surface area contributed by atoms with Gasteiger partial charge in [0.05, 0.1) is 25.8 Å². The molecule has 1 unspecified atom stereocenters. The summed E-state index contributed by atoms with van der Waals surface area (Å²) in [5.41, 5.74) is 1.79. The van der Waals surface area contributed by atoms with Gasteiger partial charge < -0.3 is 19.3 Å². The van der Waals surface area contributed by atoms with Crippen LogP contribution in [0.2, 0.25) is 0 Å². The van der Waals surface area contributed by atoms with E-state index in [0.717, 1.165) is 18.4 Å². The first-order valence-corrected chi connectivity index (χ1v) is 9.97. The Labute approximate surface area is 171 Å². The lowest BCUT2D eigenvalue weighted by molar-refractivity contribution is -0.137. The molecule has 6 nitrogen and oxygen atoms in total. The van der Waals surface area contributed by atoms with Crippen LogP contribution in [-0.2, 0) is 16.1 Å². The lowest BCUT2D eigenvalue weighted by atomic mass is 10.1. The second-order valence-corrected chi connectivity index (χ2v) is 7.63. The van der Waals surface area contributed by atoms with Gasteiger partial charge >= 0.3 is 0 Å². The molecule has 0 N–H and O–H groups in total. The van der Waals surface area contributed by atoms with Gasteiger partial charge in [0.2, 0.25) is 11.8 Å². The molecule has 2 aromatic carbocycles. The molecule has 2 amide bonds. The summed E-state index contributed by atoms with van der Waals surface area (Å²) in [7, 11) is 3.15. The Morgan fingerprint density at radius 3 is 2.52 bits per heavy atom. The zero-order chi connectivity index (χ0) is 20.4. The molecule has 1 saturated heterocycles. The molecule has 1 aliphatic carbocycles. The lowest BCUT2D eigenvalue weighted by Crippen LogP contribution is -2.38. The summed E-state index contributed by atoms with van der Waals surface area (Å²) in [5, 5.41) is 0. The summed E-state index contributed by atoms with van der Waals surface area (Å²) >= 11 is 0. The summed E-state index contributed by atoms with van der Waals surface area (Å²) in [5.74, 6) is 0.905. The van der Waals surface area contributed by atoms with E-state index in [9.17, 15) is 9.59 Å². The van der Waals surface area contributed by atoms with Gasteiger partial charge in [-0.15, -0.1) is 0 Å². The minimum absolute atomic E-state index is 0.0534. The van der Waals surface area contributed by atoms with Crippen molar-refractivity contribution in [2.45, 2.75) is 31.8 Å². The van der Waals surface area contributed by atoms with Crippen molar-refractivity contribution >= 4 is 17.5 Å². The Hall–Kier alpha value is -3.02. The van der Waals surface area contributed by atoms with Crippen molar-refractivity contribution in [3.8, 4) is 11.5 Å². The zero-order valence-electron chi connectivity index (χ0n) is 16.8. The fraction of sp³-hybridized carbons (Fsp3) is 0.391. The van der Waals surface area contributed by atoms with E-state index in [1.807, 2.05) is 41.3 Å². The summed E-state index contributed by atoms with van der Waals surface area (Å²) in [6.45, 7) is 0.971. The zero-order valence-corrected chi connectivity index (χ0v) is 16.8. The molecule has 4 rings (SSSR count). The van der Waals surface area contributed by atoms with Crippen LogP contribution < -0.4 is 14.4 Å². The summed E-state index contributed by atoms with van der Waals surface area (Å²) < 4.78 is 10.7. The molecule has 1 heterocycles. The van der Waals surface area contributed by atoms with E-state index in [0.29, 0.717) is 36.3 Å². The molecule has 1 aliphatic heterocycles. The van der Waals surface area contributed by atoms with Gasteiger partial charge in [0.15, 0.2) is 0 Å². The standard InChI is InChI=1S/C23H26N2O4/c1-28-19-10-11-20(21(13-19)29-2)25-15-17(12-22(25)26)23(27)24(18-8-9-18)14-16-6-4-3-5-7-16/h3-7,10-11,13,17-18H,8-9,12,14-15H2,1-2H3. The van der Waals surface area contributed by atoms with Crippen molar-refractivity contribution in [3.63, 3.8) is 0 Å². The van der Waals surface area contributed by atoms with Crippen LogP contribution in [0.15, 0.2) is 48.5 Å². The number of ether oxygens (including phenoxy) is 2. The number of carbonyl (C=O) groups is 2. The van der Waals surface area contributed by atoms with Crippen molar-refractivity contribution in [3.05, 3.63) is 54.1 Å². The van der Waals surface area contributed by atoms with Crippen LogP contribution >= 0.6 is 0 Å². The summed E-state index contributed by atoms with van der Waals surface area (Å²) in [6, 6.07) is 15.7. The number of hydrogen-bond acceptors (Lipinski definition) is 4. The molecule has 1 saturated carbocycles. The van der Waals surface area contributed by atoms with Crippen LogP contribution in [0.4, 0.5) is 5.69 Å². The van der Waals surface area contributed by atoms with E-state index in [1.165, 1.54) is 0 Å². The Kier molecular flexibility index (Phi) is 5.43. The molecule has 2 fully saturated rings. The van der Waals surface area contributed by atoms with Crippen LogP contribution in [0.5, 0.6) is 11.5 Å². The number of nitrogens with zero attached hydrogens (tertiary/aromatic N) is 2. The van der Waals surface area contributed by atoms with E-state index in [1.54, 1.807) is 31.3 Å². The SMILES string of the molecule is COc1ccc(N2CC(C(=O)N(Cc3ccccc3)C3CC3)CC2=O)c(OC)c1. The maximum atomic E-state index is 13.3. The molecule has 29 heavy (non-hydrogen) atoms. The fourth-order valence-electron chi connectivity index (χ4n) is 3.90. The lowest BCUT2D eigenvalue weighted by Gasteiger charge is -2.26. The third-order valence-corrected chi connectivity index (χ3v) is 5.62. The highest BCUT2D eigenvalue weighted by Crippen LogP contribution is 2.37. The molecular weight excluding hydrogens is 368 g/mol. The van der Waals surface area contributed by atoms with Crippen LogP contribution in [0.1, 0.15) is 24.8 Å². The Morgan fingerprint density at radius 2 is 1.86 bits per heavy atom. The average Bonchev–Trinajstić information content (AvgIpc) is 3.53. The van der Waals surface area contributed by atoms with Crippen LogP contribution in [-0.4, -0.2) is 43.5 Å². The molecule has 0 radical (unpaired) electrons. The molecule has 0 aromatic heterocycles. The van der Waals surface area contributed by atoms with E-state index in [4.69, 9.17) is 9.47 Å². The van der Waals surface area contributed by atoms with E-state index in [-0.39, 0.29) is 24.2 Å². The van der Waals surface area contributed by atoms with Crippen LogP contribution in [0.3, 0.4) is 0 Å². The third kappa shape index (κ3) is 4.06. The maximum absolute atomic E-state index is 13.3. The highest BCUT2D eigenvalue weighted by Gasteiger charge is 2.42. The highest BCUT2D eigenvalue weighted by atomic mass is 16.5. The maximum Gasteiger partial charge on any atom is 0.228 e. The van der Waals surface area contributed by atoms with Crippen LogP contribution in [0.25, 0.3) is 0 Å². The van der Waals surface area contributed by atoms with Crippen LogP contribution in [0, 0.1) is 5.92 Å². The molecule has 2 aliphatic rings. The number of benzene rings is 2. The van der Waals surface area contributed by atoms with Gasteiger partial charge in [0, 0.05) is 31.6 Å². The molecule has 1 atom stereocenters. The van der Waals surface area contributed by atoms with Crippen molar-refractivity contribution in [1.82, 2.24) is 4.90 Å². The number of hydrogen-bond donors (Lipinski definition) is 0. The largest absolute Gasteiger partial charge is 0.497 e. The number of methoxy groups -OCH3 is 2. The van der Waals surface area contributed by atoms with Gasteiger partial charge in [-0.1, -0.05) is 30.3 Å². The highest BCUT2D eigenvalue weighted by molar-refractivity contribution is 6.01. The summed E-state index contributed by atoms with van der Waals surface area (Å²) in [6.07, 6.45) is 2.30. The minimum atomic E-state index is -0.335. The third-order valence-electron chi connectivity index (χ3n) is 5.62. The molecule has 2 aromatic rings. The first kappa shape index (κ1) is 19.3. The van der Waals surface area contributed by atoms with Crippen molar-refractivity contribution < 1.29 is 19.1 Å². The molecular formula is C23H26N2O4. The van der Waals surface area contributed by atoms with Gasteiger partial charge in [-0.25, -0.2) is 0 Å². The Bertz CT molecular complexity index is 895. The Morgan fingerprint density at radius 1 is 1.10 bits per heavy atom. The normalized spacial score (nSPS) is 18.6. The average molecular weight is 394 g/mol. The van der Waals surface area contributed by atoms with E-state index < -0.39 is 0 Å². The topological polar surface area (TPSA) is 59.1 Å². The van der Waals surface area contributed by atoms with E-state index >= 15 is 0 Å². The monoisotopic (exact) mass is 394 g/mol. The number of rotatable bonds is 7. The van der Waals surface area contributed by atoms with Crippen molar-refractivity contribution in [2.24, 2.45) is 5.92 Å². The predicted octanol–water partition coefficient (Wildman–Crippen LogP) is 3.25. The summed E-state index contributed by atoms with van der Waals surface area (Å²) in [4.78, 5) is 29.7. The molecule has 6 heteroatoms. The minimum Gasteiger partial charge on any atom is -0.497 e. The second kappa shape index (κ2) is 8.15. The van der Waals surface area contributed by atoms with Gasteiger partial charge in [0.25, 0.3) is 0 Å². The van der Waals surface area contributed by atoms with Crippen molar-refractivity contribution in [1.29, 1.82) is 0 Å². The number of amides is 2. The number of anilines is 1. The Balaban J connectivity index is 1.51. The predicted molar refractivity (Wildman–Crippen MR) is 110 cm³/mol. The molecule has 152 valence electrons. The second-order valence-electron chi connectivity index (χ2n) is 7.63. The fourth-order valence-corrected chi connectivity index (χ4v) is 3.90. The first-order valence-electron chi connectivity index (χ1n) is 9.97.